The van der Waals surface area contributed by atoms with Gasteiger partial charge in [-0.15, -0.1) is 0 Å². The summed E-state index contributed by atoms with van der Waals surface area (Å²) in [5.41, 5.74) is 4.18. The van der Waals surface area contributed by atoms with E-state index in [0.717, 1.165) is 5.56 Å². The van der Waals surface area contributed by atoms with E-state index in [1.54, 1.807) is 12.1 Å². The Morgan fingerprint density at radius 3 is 2.41 bits per heavy atom. The Kier molecular flexibility index (Phi) is 6.69. The number of alkyl halides is 2. The van der Waals surface area contributed by atoms with Crippen LogP contribution >= 0.6 is 0 Å². The standard InChI is InChI=1S/C19H29F2N5O3/c1-10(2)15(11-5-7-12(8-6-11)29-18(20)21)26-16-14(13(9-27)24-26)17(28)23-19(22-16)25(3)4/h5-8,10,13-16,18-19,22,24,27H,9H2,1-4H3,(H,23,28)/t13?,14?,15-,16?,19?/m0/s1. The van der Waals surface area contributed by atoms with Crippen LogP contribution in [0.25, 0.3) is 0 Å². The van der Waals surface area contributed by atoms with Gasteiger partial charge >= 0.3 is 6.61 Å². The van der Waals surface area contributed by atoms with Crippen LogP contribution in [0.4, 0.5) is 8.78 Å². The number of hydrazine groups is 1. The van der Waals surface area contributed by atoms with Crippen LogP contribution < -0.4 is 20.8 Å². The second-order valence-corrected chi connectivity index (χ2v) is 7.97. The predicted octanol–water partition coefficient (Wildman–Crippen LogP) is 0.673. The van der Waals surface area contributed by atoms with Crippen molar-refractivity contribution in [2.45, 2.75) is 45.0 Å². The topological polar surface area (TPSA) is 89.1 Å². The number of carbonyl (C=O) groups is 1. The van der Waals surface area contributed by atoms with E-state index in [2.05, 4.69) is 20.8 Å². The highest BCUT2D eigenvalue weighted by atomic mass is 19.3. The Hall–Kier alpha value is -1.85. The molecule has 162 valence electrons. The number of aliphatic hydroxyl groups excluding tert-OH is 1. The monoisotopic (exact) mass is 413 g/mol. The smallest absolute Gasteiger partial charge is 0.387 e. The van der Waals surface area contributed by atoms with Crippen LogP contribution in [0.5, 0.6) is 5.75 Å². The first-order chi connectivity index (χ1) is 13.7. The van der Waals surface area contributed by atoms with Gasteiger partial charge in [-0.1, -0.05) is 26.0 Å². The van der Waals surface area contributed by atoms with E-state index in [1.165, 1.54) is 12.1 Å². The number of nitrogens with zero attached hydrogens (tertiary/aromatic N) is 2. The predicted molar refractivity (Wildman–Crippen MR) is 103 cm³/mol. The number of amides is 1. The minimum absolute atomic E-state index is 0.0922. The third kappa shape index (κ3) is 4.51. The molecule has 10 heteroatoms. The first-order valence-electron chi connectivity index (χ1n) is 9.66. The second kappa shape index (κ2) is 8.88. The summed E-state index contributed by atoms with van der Waals surface area (Å²) >= 11 is 0. The van der Waals surface area contributed by atoms with Crippen molar-refractivity contribution in [1.82, 2.24) is 26.0 Å². The minimum atomic E-state index is -2.87. The number of ether oxygens (including phenoxy) is 1. The van der Waals surface area contributed by atoms with Crippen LogP contribution in [0, 0.1) is 11.8 Å². The summed E-state index contributed by atoms with van der Waals surface area (Å²) in [7, 11) is 3.71. The van der Waals surface area contributed by atoms with Gasteiger partial charge in [-0.05, 0) is 37.7 Å². The maximum atomic E-state index is 12.7. The van der Waals surface area contributed by atoms with Gasteiger partial charge in [0.15, 0.2) is 0 Å². The van der Waals surface area contributed by atoms with Gasteiger partial charge in [0.05, 0.1) is 30.8 Å². The summed E-state index contributed by atoms with van der Waals surface area (Å²) in [6.45, 7) is 1.03. The van der Waals surface area contributed by atoms with Crippen LogP contribution in [-0.2, 0) is 4.79 Å². The zero-order valence-corrected chi connectivity index (χ0v) is 17.0. The number of carbonyl (C=O) groups excluding carboxylic acids is 1. The van der Waals surface area contributed by atoms with E-state index in [1.807, 2.05) is 37.9 Å². The lowest BCUT2D eigenvalue weighted by Gasteiger charge is -2.42. The molecular formula is C19H29F2N5O3. The number of hydrogen-bond donors (Lipinski definition) is 4. The fourth-order valence-electron chi connectivity index (χ4n) is 4.09. The fourth-order valence-corrected chi connectivity index (χ4v) is 4.09. The molecule has 3 rings (SSSR count). The molecule has 29 heavy (non-hydrogen) atoms. The summed E-state index contributed by atoms with van der Waals surface area (Å²) in [6.07, 6.45) is -0.696. The van der Waals surface area contributed by atoms with E-state index in [0.29, 0.717) is 0 Å². The lowest BCUT2D eigenvalue weighted by atomic mass is 9.92. The number of benzene rings is 1. The van der Waals surface area contributed by atoms with Gasteiger partial charge in [0.1, 0.15) is 12.0 Å². The molecule has 1 aromatic carbocycles. The molecule has 2 aliphatic rings. The average molecular weight is 413 g/mol. The van der Waals surface area contributed by atoms with Crippen molar-refractivity contribution < 1.29 is 23.4 Å². The van der Waals surface area contributed by atoms with E-state index in [4.69, 9.17) is 0 Å². The van der Waals surface area contributed by atoms with Crippen molar-refractivity contribution in [1.29, 1.82) is 0 Å². The van der Waals surface area contributed by atoms with Gasteiger partial charge in [0, 0.05) is 0 Å². The van der Waals surface area contributed by atoms with Crippen molar-refractivity contribution in [3.63, 3.8) is 0 Å². The number of rotatable bonds is 7. The molecule has 2 heterocycles. The summed E-state index contributed by atoms with van der Waals surface area (Å²) < 4.78 is 29.3. The van der Waals surface area contributed by atoms with Crippen molar-refractivity contribution in [2.24, 2.45) is 11.8 Å². The fraction of sp³-hybridized carbons (Fsp3) is 0.632. The number of hydrogen-bond acceptors (Lipinski definition) is 7. The Bertz CT molecular complexity index is 704. The molecular weight excluding hydrogens is 384 g/mol. The molecule has 0 radical (unpaired) electrons. The zero-order valence-electron chi connectivity index (χ0n) is 17.0. The maximum absolute atomic E-state index is 12.7. The molecule has 1 amide bonds. The SMILES string of the molecule is CC(C)[C@@H](c1ccc(OC(F)F)cc1)N1NC(CO)C2C(=O)NC(N(C)C)NC21. The van der Waals surface area contributed by atoms with Crippen molar-refractivity contribution >= 4 is 5.91 Å². The normalized spacial score (nSPS) is 28.7. The first kappa shape index (κ1) is 21.8. The third-order valence-electron chi connectivity index (χ3n) is 5.39. The van der Waals surface area contributed by atoms with Crippen LogP contribution in [0.2, 0.25) is 0 Å². The third-order valence-corrected chi connectivity index (χ3v) is 5.39. The highest BCUT2D eigenvalue weighted by Gasteiger charge is 2.52. The second-order valence-electron chi connectivity index (χ2n) is 7.97. The van der Waals surface area contributed by atoms with Gasteiger partial charge in [0.25, 0.3) is 0 Å². The van der Waals surface area contributed by atoms with Crippen molar-refractivity contribution in [2.75, 3.05) is 20.7 Å². The Morgan fingerprint density at radius 2 is 1.90 bits per heavy atom. The van der Waals surface area contributed by atoms with Crippen LogP contribution in [0.15, 0.2) is 24.3 Å². The first-order valence-corrected chi connectivity index (χ1v) is 9.66. The molecule has 5 atom stereocenters. The minimum Gasteiger partial charge on any atom is -0.435 e. The van der Waals surface area contributed by atoms with Crippen molar-refractivity contribution in [3.8, 4) is 5.75 Å². The van der Waals surface area contributed by atoms with E-state index < -0.39 is 18.6 Å². The Balaban J connectivity index is 1.90. The molecule has 4 N–H and O–H groups in total. The quantitative estimate of drug-likeness (QED) is 0.523. The molecule has 0 saturated carbocycles. The molecule has 2 saturated heterocycles. The molecule has 2 fully saturated rings. The molecule has 2 aliphatic heterocycles. The van der Waals surface area contributed by atoms with E-state index in [9.17, 15) is 18.7 Å². The highest BCUT2D eigenvalue weighted by molar-refractivity contribution is 5.81. The summed E-state index contributed by atoms with van der Waals surface area (Å²) in [6, 6.07) is 5.92. The molecule has 8 nitrogen and oxygen atoms in total. The lowest BCUT2D eigenvalue weighted by molar-refractivity contribution is -0.134. The summed E-state index contributed by atoms with van der Waals surface area (Å²) in [4.78, 5) is 14.6. The molecule has 0 aliphatic carbocycles. The maximum Gasteiger partial charge on any atom is 0.387 e. The Morgan fingerprint density at radius 1 is 1.24 bits per heavy atom. The molecule has 0 aromatic heterocycles. The molecule has 0 spiro atoms. The lowest BCUT2D eigenvalue weighted by Crippen LogP contribution is -2.68. The average Bonchev–Trinajstić information content (AvgIpc) is 3.01. The Labute approximate surface area is 169 Å². The van der Waals surface area contributed by atoms with Gasteiger partial charge in [-0.3, -0.25) is 15.0 Å². The number of nitrogens with one attached hydrogen (secondary N) is 3. The summed E-state index contributed by atoms with van der Waals surface area (Å²) in [5, 5.41) is 18.1. The van der Waals surface area contributed by atoms with Crippen LogP contribution in [0.1, 0.15) is 25.5 Å². The van der Waals surface area contributed by atoms with E-state index >= 15 is 0 Å². The number of halogens is 2. The van der Waals surface area contributed by atoms with Gasteiger partial charge in [-0.25, -0.2) is 10.4 Å². The number of fused-ring (bicyclic) bond motifs is 1. The van der Waals surface area contributed by atoms with Gasteiger partial charge < -0.3 is 15.2 Å². The van der Waals surface area contributed by atoms with Gasteiger partial charge in [0.2, 0.25) is 5.91 Å². The largest absolute Gasteiger partial charge is 0.435 e. The van der Waals surface area contributed by atoms with Gasteiger partial charge in [-0.2, -0.15) is 8.78 Å². The molecule has 0 bridgehead atoms. The van der Waals surface area contributed by atoms with Crippen molar-refractivity contribution in [3.05, 3.63) is 29.8 Å². The number of aliphatic hydroxyl groups is 1. The zero-order chi connectivity index (χ0) is 21.3. The molecule has 4 unspecified atom stereocenters. The van der Waals surface area contributed by atoms with Crippen LogP contribution in [0.3, 0.4) is 0 Å². The molecule has 1 aromatic rings. The summed E-state index contributed by atoms with van der Waals surface area (Å²) in [5.74, 6) is -0.384. The highest BCUT2D eigenvalue weighted by Crippen LogP contribution is 2.36. The van der Waals surface area contributed by atoms with Crippen LogP contribution in [-0.4, -0.2) is 66.7 Å². The van der Waals surface area contributed by atoms with E-state index in [-0.39, 0.29) is 42.7 Å².